The molecule has 0 atom stereocenters. The first kappa shape index (κ1) is 3.96. The molecule has 0 aromatic heterocycles. The number of aliphatic hydroxyl groups excluding tert-OH is 1. The van der Waals surface area contributed by atoms with Crippen molar-refractivity contribution in [2.75, 3.05) is 0 Å². The summed E-state index contributed by atoms with van der Waals surface area (Å²) in [4.78, 5) is 0. The summed E-state index contributed by atoms with van der Waals surface area (Å²) >= 11 is 0. The van der Waals surface area contributed by atoms with Gasteiger partial charge in [-0.2, -0.15) is 0 Å². The summed E-state index contributed by atoms with van der Waals surface area (Å²) in [7, 11) is 0. The molecule has 1 heteroatoms. The van der Waals surface area contributed by atoms with E-state index in [4.69, 9.17) is 5.11 Å². The molecule has 1 radical (unpaired) electrons. The lowest BCUT2D eigenvalue weighted by molar-refractivity contribution is 0.216. The van der Waals surface area contributed by atoms with Crippen LogP contribution >= 0.6 is 0 Å². The zero-order valence-electron chi connectivity index (χ0n) is 4.02. The van der Waals surface area contributed by atoms with Gasteiger partial charge in [-0.15, -0.1) is 0 Å². The second kappa shape index (κ2) is 1.30. The van der Waals surface area contributed by atoms with Crippen LogP contribution in [0, 0.1) is 0 Å². The largest absolute Gasteiger partial charge is 0.394 e. The first-order chi connectivity index (χ1) is 1.73. The number of aliphatic hydroxyl groups is 1. The SMILES string of the molecule is CC(C)O.[H]. The van der Waals surface area contributed by atoms with Crippen molar-refractivity contribution in [2.45, 2.75) is 20.0 Å². The maximum absolute atomic E-state index is 8.06. The molecule has 0 saturated carbocycles. The summed E-state index contributed by atoms with van der Waals surface area (Å²) in [6.45, 7) is 3.44. The Balaban J connectivity index is 0. The van der Waals surface area contributed by atoms with Crippen molar-refractivity contribution in [3.63, 3.8) is 0 Å². The highest BCUT2D eigenvalue weighted by atomic mass is 16.3. The molecular weight excluding hydrogens is 52.0 g/mol. The maximum Gasteiger partial charge on any atom is 0.0483 e. The lowest BCUT2D eigenvalue weighted by Gasteiger charge is -1.80. The molecule has 1 nitrogen and oxygen atoms in total. The highest BCUT2D eigenvalue weighted by molar-refractivity contribution is 4.20. The van der Waals surface area contributed by atoms with Crippen molar-refractivity contribution >= 4 is 0 Å². The monoisotopic (exact) mass is 61.1 g/mol. The summed E-state index contributed by atoms with van der Waals surface area (Å²) in [6, 6.07) is 0. The van der Waals surface area contributed by atoms with Crippen LogP contribution in [-0.2, 0) is 0 Å². The van der Waals surface area contributed by atoms with Gasteiger partial charge in [-0.3, -0.25) is 0 Å². The van der Waals surface area contributed by atoms with Crippen LogP contribution in [0.2, 0.25) is 0 Å². The van der Waals surface area contributed by atoms with Gasteiger partial charge in [-0.05, 0) is 13.8 Å². The number of rotatable bonds is 0. The normalized spacial score (nSPS) is 9.00. The molecule has 0 amide bonds. The Kier molecular flexibility index (Phi) is 1.28. The predicted molar refractivity (Wildman–Crippen MR) is 18.5 cm³/mol. The smallest absolute Gasteiger partial charge is 0.0483 e. The molecule has 0 fully saturated rings. The van der Waals surface area contributed by atoms with E-state index in [9.17, 15) is 0 Å². The molecule has 0 bridgehead atoms. The van der Waals surface area contributed by atoms with E-state index in [0.29, 0.717) is 0 Å². The van der Waals surface area contributed by atoms with Crippen LogP contribution in [0.15, 0.2) is 0 Å². The van der Waals surface area contributed by atoms with Gasteiger partial charge in [0.1, 0.15) is 0 Å². The average molecular weight is 61.1 g/mol. The summed E-state index contributed by atoms with van der Waals surface area (Å²) in [6.07, 6.45) is -0.167. The Hall–Kier alpha value is -0.0400. The first-order valence-corrected chi connectivity index (χ1v) is 1.41. The Morgan fingerprint density at radius 2 is 1.75 bits per heavy atom. The topological polar surface area (TPSA) is 20.2 Å². The molecule has 0 aliphatic carbocycles. The summed E-state index contributed by atoms with van der Waals surface area (Å²) in [5.74, 6) is 0. The number of hydrogen-bond donors (Lipinski definition) is 1. The van der Waals surface area contributed by atoms with Gasteiger partial charge < -0.3 is 5.11 Å². The summed E-state index contributed by atoms with van der Waals surface area (Å²) in [5.41, 5.74) is 0. The van der Waals surface area contributed by atoms with Crippen LogP contribution < -0.4 is 0 Å². The molecule has 0 aromatic carbocycles. The summed E-state index contributed by atoms with van der Waals surface area (Å²) in [5, 5.41) is 8.06. The Bertz CT molecular complexity index is 11.6. The van der Waals surface area contributed by atoms with Crippen molar-refractivity contribution in [3.8, 4) is 0 Å². The molecule has 0 rings (SSSR count). The Morgan fingerprint density at radius 3 is 1.75 bits per heavy atom. The molecule has 27 valence electrons. The molecule has 0 unspecified atom stereocenters. The fourth-order valence-corrected chi connectivity index (χ4v) is 0. The van der Waals surface area contributed by atoms with E-state index in [1.165, 1.54) is 0 Å². The molecule has 0 saturated heterocycles. The van der Waals surface area contributed by atoms with Gasteiger partial charge in [0, 0.05) is 7.53 Å². The van der Waals surface area contributed by atoms with Crippen molar-refractivity contribution in [1.29, 1.82) is 0 Å². The van der Waals surface area contributed by atoms with E-state index in [-0.39, 0.29) is 7.53 Å². The minimum Gasteiger partial charge on any atom is -0.394 e. The second-order valence-corrected chi connectivity index (χ2v) is 1.09. The van der Waals surface area contributed by atoms with Crippen LogP contribution in [0.3, 0.4) is 0 Å². The van der Waals surface area contributed by atoms with Gasteiger partial charge in [0.05, 0.1) is 0 Å². The van der Waals surface area contributed by atoms with E-state index in [1.807, 2.05) is 0 Å². The Labute approximate surface area is 27.7 Å². The fourth-order valence-electron chi connectivity index (χ4n) is 0. The van der Waals surface area contributed by atoms with Gasteiger partial charge in [-0.25, -0.2) is 0 Å². The quantitative estimate of drug-likeness (QED) is 0.432. The van der Waals surface area contributed by atoms with Crippen LogP contribution in [0.25, 0.3) is 0 Å². The Morgan fingerprint density at radius 1 is 1.75 bits per heavy atom. The van der Waals surface area contributed by atoms with E-state index in [1.54, 1.807) is 13.8 Å². The second-order valence-electron chi connectivity index (χ2n) is 1.09. The van der Waals surface area contributed by atoms with Crippen molar-refractivity contribution < 1.29 is 6.53 Å². The van der Waals surface area contributed by atoms with E-state index >= 15 is 0 Å². The van der Waals surface area contributed by atoms with Crippen LogP contribution in [0.5, 0.6) is 0 Å². The predicted octanol–water partition coefficient (Wildman–Crippen LogP) is 0.500. The number of hydrogen-bond acceptors (Lipinski definition) is 1. The molecule has 4 heavy (non-hydrogen) atoms. The maximum atomic E-state index is 8.06. The van der Waals surface area contributed by atoms with Crippen molar-refractivity contribution in [3.05, 3.63) is 0 Å². The molecule has 0 aliphatic rings. The highest BCUT2D eigenvalue weighted by Gasteiger charge is 1.69. The van der Waals surface area contributed by atoms with Crippen LogP contribution in [-0.4, -0.2) is 11.2 Å². The molecule has 0 aliphatic heterocycles. The molecule has 1 N–H and O–H groups in total. The average Bonchev–Trinajstić information content (AvgIpc) is 0.811. The van der Waals surface area contributed by atoms with Gasteiger partial charge in [0.25, 0.3) is 0 Å². The van der Waals surface area contributed by atoms with Gasteiger partial charge >= 0.3 is 0 Å². The van der Waals surface area contributed by atoms with Crippen LogP contribution in [0.1, 0.15) is 15.3 Å². The van der Waals surface area contributed by atoms with Gasteiger partial charge in [0.2, 0.25) is 0 Å². The molecule has 0 spiro atoms. The third-order valence-electron chi connectivity index (χ3n) is 0. The van der Waals surface area contributed by atoms with Crippen LogP contribution in [0.4, 0.5) is 0 Å². The fraction of sp³-hybridized carbons (Fsp3) is 1.00. The molecule has 0 heterocycles. The lowest BCUT2D eigenvalue weighted by atomic mass is 10.5. The zero-order chi connectivity index (χ0) is 3.58. The minimum absolute atomic E-state index is 0. The third-order valence-corrected chi connectivity index (χ3v) is 0. The lowest BCUT2D eigenvalue weighted by Crippen LogP contribution is -1.85. The zero-order valence-corrected chi connectivity index (χ0v) is 3.02. The van der Waals surface area contributed by atoms with E-state index < -0.39 is 0 Å². The van der Waals surface area contributed by atoms with E-state index in [0.717, 1.165) is 0 Å². The van der Waals surface area contributed by atoms with Gasteiger partial charge in [-0.1, -0.05) is 0 Å². The van der Waals surface area contributed by atoms with Crippen molar-refractivity contribution in [2.24, 2.45) is 0 Å². The van der Waals surface area contributed by atoms with E-state index in [2.05, 4.69) is 0 Å². The first-order valence-electron chi connectivity index (χ1n) is 1.41. The van der Waals surface area contributed by atoms with Gasteiger partial charge in [0.15, 0.2) is 0 Å². The third kappa shape index (κ3) is 1130. The molecular formula is C3H9O. The molecule has 0 aromatic rings. The summed E-state index contributed by atoms with van der Waals surface area (Å²) < 4.78 is 0. The minimum atomic E-state index is -0.167. The van der Waals surface area contributed by atoms with Crippen molar-refractivity contribution in [1.82, 2.24) is 0 Å². The highest BCUT2D eigenvalue weighted by Crippen LogP contribution is 1.65. The standard InChI is InChI=1S/C3H8O.H/c1-3(2)4;/h3-4H,1-2H3;.